The predicted octanol–water partition coefficient (Wildman–Crippen LogP) is 4.43. The number of allylic oxidation sites excluding steroid dienone is 1. The van der Waals surface area contributed by atoms with E-state index in [1.807, 2.05) is 0 Å². The van der Waals surface area contributed by atoms with Crippen LogP contribution in [0.3, 0.4) is 0 Å². The number of anilines is 1. The highest BCUT2D eigenvalue weighted by atomic mass is 19.3. The minimum Gasteiger partial charge on any atom is -0.415 e. The summed E-state index contributed by atoms with van der Waals surface area (Å²) < 4.78 is 54.9. The van der Waals surface area contributed by atoms with E-state index in [0.29, 0.717) is 17.6 Å². The molecule has 3 aromatic heterocycles. The summed E-state index contributed by atoms with van der Waals surface area (Å²) in [5.41, 5.74) is 1.57. The zero-order valence-corrected chi connectivity index (χ0v) is 18.3. The Morgan fingerprint density at radius 2 is 2.11 bits per heavy atom. The van der Waals surface area contributed by atoms with E-state index in [9.17, 15) is 22.4 Å². The van der Waals surface area contributed by atoms with Crippen molar-refractivity contribution in [3.05, 3.63) is 59.9 Å². The number of carbonyl (C=O) groups is 1. The van der Waals surface area contributed by atoms with Crippen LogP contribution in [0.15, 0.2) is 37.2 Å². The largest absolute Gasteiger partial charge is 0.415 e. The Labute approximate surface area is 197 Å². The Balaban J connectivity index is 0.000000672. The summed E-state index contributed by atoms with van der Waals surface area (Å²) in [7, 11) is 0. The van der Waals surface area contributed by atoms with Gasteiger partial charge in [-0.15, -0.1) is 11.7 Å². The first kappa shape index (κ1) is 24.1. The van der Waals surface area contributed by atoms with Crippen molar-refractivity contribution in [1.82, 2.24) is 19.6 Å². The first-order valence-electron chi connectivity index (χ1n) is 10.7. The summed E-state index contributed by atoms with van der Waals surface area (Å²) >= 11 is 0. The van der Waals surface area contributed by atoms with Gasteiger partial charge in [-0.1, -0.05) is 12.5 Å². The lowest BCUT2D eigenvalue weighted by molar-refractivity contribution is -0.118. The van der Waals surface area contributed by atoms with Crippen LogP contribution >= 0.6 is 0 Å². The summed E-state index contributed by atoms with van der Waals surface area (Å²) in [6, 6.07) is 4.20. The number of rotatable bonds is 5. The smallest absolute Gasteiger partial charge is 0.388 e. The van der Waals surface area contributed by atoms with Crippen molar-refractivity contribution in [1.29, 1.82) is 5.26 Å². The van der Waals surface area contributed by atoms with E-state index in [1.165, 1.54) is 22.7 Å². The highest BCUT2D eigenvalue weighted by Crippen LogP contribution is 2.56. The summed E-state index contributed by atoms with van der Waals surface area (Å²) in [5.74, 6) is -2.05. The maximum Gasteiger partial charge on any atom is 0.388 e. The molecule has 1 saturated carbocycles. The number of hydrogen-bond acceptors (Lipinski definition) is 6. The third kappa shape index (κ3) is 4.53. The molecule has 35 heavy (non-hydrogen) atoms. The number of hydrogen-bond donors (Lipinski definition) is 1. The third-order valence-corrected chi connectivity index (χ3v) is 6.13. The van der Waals surface area contributed by atoms with E-state index in [2.05, 4.69) is 31.7 Å². The van der Waals surface area contributed by atoms with E-state index < -0.39 is 31.0 Å². The number of nitrogens with one attached hydrogen (secondary N) is 1. The first-order valence-corrected chi connectivity index (χ1v) is 10.7. The molecule has 12 heteroatoms. The number of nitriles is 1. The Morgan fingerprint density at radius 1 is 1.37 bits per heavy atom. The van der Waals surface area contributed by atoms with Crippen LogP contribution in [0.2, 0.25) is 0 Å². The Hall–Kier alpha value is -4.01. The van der Waals surface area contributed by atoms with Gasteiger partial charge in [0.05, 0.1) is 23.5 Å². The average molecular weight is 488 g/mol. The summed E-state index contributed by atoms with van der Waals surface area (Å²) in [4.78, 5) is 21.1. The predicted molar refractivity (Wildman–Crippen MR) is 116 cm³/mol. The van der Waals surface area contributed by atoms with Gasteiger partial charge in [0.25, 0.3) is 0 Å². The van der Waals surface area contributed by atoms with E-state index in [1.54, 1.807) is 12.3 Å². The molecular formula is C23H20F4N6O2. The lowest BCUT2D eigenvalue weighted by Gasteiger charge is -2.39. The minimum atomic E-state index is -3.12. The zero-order valence-electron chi connectivity index (χ0n) is 18.3. The van der Waals surface area contributed by atoms with Crippen LogP contribution in [-0.2, 0) is 10.2 Å². The van der Waals surface area contributed by atoms with E-state index >= 15 is 0 Å². The second-order valence-corrected chi connectivity index (χ2v) is 8.19. The molecule has 3 heterocycles. The molecule has 0 radical (unpaired) electrons. The molecule has 1 unspecified atom stereocenters. The second-order valence-electron chi connectivity index (χ2n) is 8.19. The van der Waals surface area contributed by atoms with E-state index in [-0.39, 0.29) is 22.6 Å². The van der Waals surface area contributed by atoms with Crippen LogP contribution in [0.5, 0.6) is 5.88 Å². The third-order valence-electron chi connectivity index (χ3n) is 6.13. The standard InChI is InChI=1S/C20H15F3N6O2.C3H5F/c21-14-5-15-25-9-13-12(6-20(2-1-3-20)16(13)29(15)28-14)17(30)27-11-4-10(7-24)18(26-8-11)31-19(22)23;1-2-3-4/h4-5,8-9,12,19H,1-3,6H2,(H,27,30);2H,1,3H2. The maximum absolute atomic E-state index is 13.7. The molecule has 0 aliphatic heterocycles. The molecule has 2 aliphatic rings. The molecule has 1 N–H and O–H groups in total. The van der Waals surface area contributed by atoms with Crippen molar-refractivity contribution in [2.24, 2.45) is 0 Å². The van der Waals surface area contributed by atoms with Crippen LogP contribution in [0, 0.1) is 17.3 Å². The van der Waals surface area contributed by atoms with Crippen LogP contribution in [0.25, 0.3) is 5.65 Å². The summed E-state index contributed by atoms with van der Waals surface area (Å²) in [6.07, 6.45) is 7.20. The topological polar surface area (TPSA) is 105 Å². The van der Waals surface area contributed by atoms with E-state index in [4.69, 9.17) is 5.26 Å². The number of ether oxygens (including phenoxy) is 1. The quantitative estimate of drug-likeness (QED) is 0.421. The zero-order chi connectivity index (χ0) is 25.2. The Bertz CT molecular complexity index is 1320. The summed E-state index contributed by atoms with van der Waals surface area (Å²) in [5, 5.41) is 15.8. The molecule has 1 fully saturated rings. The molecule has 1 spiro atoms. The van der Waals surface area contributed by atoms with Gasteiger partial charge < -0.3 is 10.1 Å². The molecule has 0 bridgehead atoms. The monoisotopic (exact) mass is 488 g/mol. The number of pyridine rings is 1. The SMILES string of the molecule is C=CCF.N#Cc1cc(NC(=O)C2CC3(CCC3)c3c2cnc2cc(F)nn32)cnc1OC(F)F. The first-order chi connectivity index (χ1) is 16.8. The fourth-order valence-electron chi connectivity index (χ4n) is 4.59. The average Bonchev–Trinajstić information content (AvgIpc) is 3.37. The van der Waals surface area contributed by atoms with Gasteiger partial charge in [-0.05, 0) is 25.3 Å². The molecule has 182 valence electrons. The Kier molecular flexibility index (Phi) is 6.68. The number of halogens is 4. The van der Waals surface area contributed by atoms with Gasteiger partial charge in [0.15, 0.2) is 5.65 Å². The maximum atomic E-state index is 13.7. The molecular weight excluding hydrogens is 468 g/mol. The molecule has 5 rings (SSSR count). The number of carbonyl (C=O) groups excluding carboxylic acids is 1. The van der Waals surface area contributed by atoms with Gasteiger partial charge in [0, 0.05) is 23.2 Å². The van der Waals surface area contributed by atoms with Gasteiger partial charge in [-0.3, -0.25) is 4.79 Å². The van der Waals surface area contributed by atoms with Crippen molar-refractivity contribution < 1.29 is 27.1 Å². The number of amides is 1. The van der Waals surface area contributed by atoms with Gasteiger partial charge in [-0.25, -0.2) is 18.9 Å². The second kappa shape index (κ2) is 9.69. The number of aromatic nitrogens is 4. The van der Waals surface area contributed by atoms with Crippen LogP contribution in [-0.4, -0.2) is 38.8 Å². The minimum absolute atomic E-state index is 0.179. The van der Waals surface area contributed by atoms with Crippen LogP contribution in [0.4, 0.5) is 23.2 Å². The molecule has 2 aliphatic carbocycles. The highest BCUT2D eigenvalue weighted by Gasteiger charge is 2.52. The van der Waals surface area contributed by atoms with Crippen molar-refractivity contribution in [3.63, 3.8) is 0 Å². The van der Waals surface area contributed by atoms with Gasteiger partial charge in [0.2, 0.25) is 17.7 Å². The van der Waals surface area contributed by atoms with Crippen molar-refractivity contribution in [2.45, 2.75) is 43.6 Å². The summed E-state index contributed by atoms with van der Waals surface area (Å²) in [6.45, 7) is -0.433. The number of nitrogens with zero attached hydrogens (tertiary/aromatic N) is 5. The van der Waals surface area contributed by atoms with Gasteiger partial charge in [-0.2, -0.15) is 18.4 Å². The van der Waals surface area contributed by atoms with Crippen molar-refractivity contribution >= 4 is 17.2 Å². The fourth-order valence-corrected chi connectivity index (χ4v) is 4.59. The molecule has 1 amide bonds. The van der Waals surface area contributed by atoms with E-state index in [0.717, 1.165) is 31.2 Å². The van der Waals surface area contributed by atoms with Crippen LogP contribution in [0.1, 0.15) is 48.4 Å². The molecule has 1 atom stereocenters. The number of fused-ring (bicyclic) bond motifs is 4. The fraction of sp³-hybridized carbons (Fsp3) is 0.348. The lowest BCUT2D eigenvalue weighted by atomic mass is 9.66. The van der Waals surface area contributed by atoms with Crippen molar-refractivity contribution in [3.8, 4) is 11.9 Å². The molecule has 0 saturated heterocycles. The normalized spacial score (nSPS) is 17.2. The van der Waals surface area contributed by atoms with Crippen molar-refractivity contribution in [2.75, 3.05) is 12.0 Å². The molecule has 3 aromatic rings. The highest BCUT2D eigenvalue weighted by molar-refractivity contribution is 5.97. The molecule has 8 nitrogen and oxygen atoms in total. The van der Waals surface area contributed by atoms with Crippen LogP contribution < -0.4 is 10.1 Å². The lowest BCUT2D eigenvalue weighted by Crippen LogP contribution is -2.34. The number of alkyl halides is 3. The Morgan fingerprint density at radius 3 is 2.71 bits per heavy atom. The van der Waals surface area contributed by atoms with Gasteiger partial charge >= 0.3 is 6.61 Å². The van der Waals surface area contributed by atoms with Gasteiger partial charge in [0.1, 0.15) is 18.3 Å². The molecule has 0 aromatic carbocycles.